The number of carbonyl (C=O) groups is 1. The smallest absolute Gasteiger partial charge is 0.291 e. The molecule has 1 aliphatic heterocycles. The largest absolute Gasteiger partial charge is 0.479 e. The molecule has 1 aliphatic rings. The van der Waals surface area contributed by atoms with Gasteiger partial charge in [0.05, 0.1) is 30.4 Å². The van der Waals surface area contributed by atoms with Crippen LogP contribution in [0.1, 0.15) is 33.9 Å². The SMILES string of the molecule is COc1nc(NCCCN(C)C)nc(OC)c1NC(=O)c1ccc(Cc2cc3c(cc2C)[Si](C)(C)C[Si]3(C)C)o1. The van der Waals surface area contributed by atoms with Crippen molar-refractivity contribution in [1.82, 2.24) is 14.9 Å². The average Bonchev–Trinajstić information content (AvgIpc) is 3.42. The number of furan rings is 1. The molecule has 0 atom stereocenters. The van der Waals surface area contributed by atoms with E-state index in [0.717, 1.165) is 18.7 Å². The van der Waals surface area contributed by atoms with Crippen LogP contribution >= 0.6 is 0 Å². The zero-order valence-electron chi connectivity index (χ0n) is 25.3. The Kier molecular flexibility index (Phi) is 8.76. The molecule has 216 valence electrons. The molecule has 1 aromatic carbocycles. The first-order valence-electron chi connectivity index (χ1n) is 13.8. The summed E-state index contributed by atoms with van der Waals surface area (Å²) in [5.41, 5.74) is 4.20. The number of carbonyl (C=O) groups excluding carboxylic acids is 1. The van der Waals surface area contributed by atoms with Crippen molar-refractivity contribution < 1.29 is 18.7 Å². The first kappa shape index (κ1) is 29.8. The fraction of sp³-hybridized carbons (Fsp3) is 0.483. The predicted molar refractivity (Wildman–Crippen MR) is 166 cm³/mol. The summed E-state index contributed by atoms with van der Waals surface area (Å²) in [6, 6.07) is 8.41. The van der Waals surface area contributed by atoms with Crippen molar-refractivity contribution >= 4 is 44.1 Å². The standard InChI is InChI=1S/C29H43N5O4Si2/c1-19-15-23-24(40(8,9)18-39(23,6)7)17-20(19)16-21-11-12-22(38-21)26(35)31-25-27(36-4)32-29(33-28(25)37-5)30-13-10-14-34(2)3/h11-12,15,17H,10,13-14,16,18H2,1-9H3,(H,31,35)(H,30,32,33). The van der Waals surface area contributed by atoms with Crippen LogP contribution in [0.15, 0.2) is 28.7 Å². The lowest BCUT2D eigenvalue weighted by atomic mass is 10.0. The van der Waals surface area contributed by atoms with E-state index in [4.69, 9.17) is 13.9 Å². The zero-order valence-corrected chi connectivity index (χ0v) is 27.3. The Morgan fingerprint density at radius 3 is 2.25 bits per heavy atom. The van der Waals surface area contributed by atoms with Gasteiger partial charge in [-0.2, -0.15) is 9.97 Å². The van der Waals surface area contributed by atoms with Gasteiger partial charge in [-0.3, -0.25) is 4.79 Å². The molecule has 0 saturated carbocycles. The second-order valence-electron chi connectivity index (χ2n) is 12.2. The van der Waals surface area contributed by atoms with Crippen LogP contribution in [0, 0.1) is 6.92 Å². The normalized spacial score (nSPS) is 15.2. The summed E-state index contributed by atoms with van der Waals surface area (Å²) < 4.78 is 16.9. The van der Waals surface area contributed by atoms with Gasteiger partial charge in [-0.15, -0.1) is 0 Å². The second kappa shape index (κ2) is 11.8. The van der Waals surface area contributed by atoms with Crippen molar-refractivity contribution in [3.8, 4) is 11.8 Å². The molecule has 1 amide bonds. The molecule has 0 spiro atoms. The molecule has 0 radical (unpaired) electrons. The summed E-state index contributed by atoms with van der Waals surface area (Å²) in [6.07, 6.45) is 1.56. The minimum Gasteiger partial charge on any atom is -0.479 e. The van der Waals surface area contributed by atoms with Crippen LogP contribution < -0.4 is 30.5 Å². The molecule has 11 heteroatoms. The predicted octanol–water partition coefficient (Wildman–Crippen LogP) is 3.99. The summed E-state index contributed by atoms with van der Waals surface area (Å²) in [6.45, 7) is 13.8. The van der Waals surface area contributed by atoms with E-state index >= 15 is 0 Å². The van der Waals surface area contributed by atoms with E-state index in [2.05, 4.69) is 70.7 Å². The quantitative estimate of drug-likeness (QED) is 0.259. The lowest BCUT2D eigenvalue weighted by Crippen LogP contribution is -2.44. The van der Waals surface area contributed by atoms with Crippen LogP contribution in [0.25, 0.3) is 0 Å². The van der Waals surface area contributed by atoms with Gasteiger partial charge >= 0.3 is 0 Å². The van der Waals surface area contributed by atoms with Gasteiger partial charge < -0.3 is 29.4 Å². The number of benzene rings is 1. The number of aromatic nitrogens is 2. The van der Waals surface area contributed by atoms with E-state index in [-0.39, 0.29) is 23.2 Å². The molecule has 40 heavy (non-hydrogen) atoms. The molecular formula is C29H43N5O4Si2. The Labute approximate surface area is 239 Å². The second-order valence-corrected chi connectivity index (χ2v) is 22.2. The highest BCUT2D eigenvalue weighted by Crippen LogP contribution is 2.33. The highest BCUT2D eigenvalue weighted by molar-refractivity contribution is 7.14. The molecule has 4 rings (SSSR count). The van der Waals surface area contributed by atoms with Crippen molar-refractivity contribution in [2.45, 2.75) is 51.6 Å². The highest BCUT2D eigenvalue weighted by atomic mass is 28.4. The summed E-state index contributed by atoms with van der Waals surface area (Å²) in [5, 5.41) is 9.23. The number of anilines is 2. The number of aryl methyl sites for hydroxylation is 1. The van der Waals surface area contributed by atoms with Crippen molar-refractivity contribution in [2.75, 3.05) is 52.0 Å². The van der Waals surface area contributed by atoms with Gasteiger partial charge in [0.15, 0.2) is 11.4 Å². The number of hydrogen-bond acceptors (Lipinski definition) is 8. The van der Waals surface area contributed by atoms with Gasteiger partial charge in [0, 0.05) is 13.0 Å². The number of methoxy groups -OCH3 is 2. The van der Waals surface area contributed by atoms with Gasteiger partial charge in [0.1, 0.15) is 5.76 Å². The van der Waals surface area contributed by atoms with Crippen LogP contribution in [0.4, 0.5) is 11.6 Å². The first-order chi connectivity index (χ1) is 18.8. The van der Waals surface area contributed by atoms with E-state index in [9.17, 15) is 4.79 Å². The average molecular weight is 582 g/mol. The van der Waals surface area contributed by atoms with Crippen molar-refractivity contribution in [2.24, 2.45) is 0 Å². The van der Waals surface area contributed by atoms with E-state index in [1.807, 2.05) is 20.2 Å². The highest BCUT2D eigenvalue weighted by Gasteiger charge is 2.44. The summed E-state index contributed by atoms with van der Waals surface area (Å²) in [7, 11) is 4.23. The van der Waals surface area contributed by atoms with Crippen LogP contribution in [-0.2, 0) is 6.42 Å². The summed E-state index contributed by atoms with van der Waals surface area (Å²) in [5.74, 6) is 1.29. The van der Waals surface area contributed by atoms with E-state index in [1.54, 1.807) is 16.4 Å². The Hall–Kier alpha value is -3.16. The fourth-order valence-corrected chi connectivity index (χ4v) is 21.0. The molecule has 0 aliphatic carbocycles. The zero-order chi connectivity index (χ0) is 29.2. The number of ether oxygens (including phenoxy) is 2. The molecule has 3 aromatic rings. The van der Waals surface area contributed by atoms with Gasteiger partial charge in [-0.1, -0.05) is 54.4 Å². The minimum atomic E-state index is -1.44. The molecule has 0 fully saturated rings. The molecule has 9 nitrogen and oxygen atoms in total. The maximum absolute atomic E-state index is 13.2. The van der Waals surface area contributed by atoms with Crippen molar-refractivity contribution in [3.63, 3.8) is 0 Å². The Balaban J connectivity index is 1.49. The van der Waals surface area contributed by atoms with Crippen LogP contribution in [0.2, 0.25) is 31.9 Å². The molecule has 0 saturated heterocycles. The summed E-state index contributed by atoms with van der Waals surface area (Å²) in [4.78, 5) is 24.1. The monoisotopic (exact) mass is 581 g/mol. The third kappa shape index (κ3) is 6.42. The molecule has 3 heterocycles. The Morgan fingerprint density at radius 1 is 1.02 bits per heavy atom. The van der Waals surface area contributed by atoms with E-state index in [1.165, 1.54) is 31.0 Å². The van der Waals surface area contributed by atoms with E-state index in [0.29, 0.717) is 18.9 Å². The molecule has 0 bridgehead atoms. The van der Waals surface area contributed by atoms with E-state index < -0.39 is 22.1 Å². The topological polar surface area (TPSA) is 102 Å². The third-order valence-corrected chi connectivity index (χ3v) is 18.7. The number of rotatable bonds is 11. The number of fused-ring (bicyclic) bond motifs is 1. The lowest BCUT2D eigenvalue weighted by molar-refractivity contribution is 0.0994. The Bertz CT molecular complexity index is 1360. The number of nitrogens with one attached hydrogen (secondary N) is 2. The van der Waals surface area contributed by atoms with Crippen molar-refractivity contribution in [3.05, 3.63) is 46.9 Å². The molecule has 0 unspecified atom stereocenters. The van der Waals surface area contributed by atoms with Crippen molar-refractivity contribution in [1.29, 1.82) is 0 Å². The Morgan fingerprint density at radius 2 is 1.65 bits per heavy atom. The van der Waals surface area contributed by atoms with Gasteiger partial charge in [0.25, 0.3) is 5.91 Å². The number of amides is 1. The summed E-state index contributed by atoms with van der Waals surface area (Å²) >= 11 is 0. The molecular weight excluding hydrogens is 539 g/mol. The maximum atomic E-state index is 13.2. The maximum Gasteiger partial charge on any atom is 0.291 e. The van der Waals surface area contributed by atoms with Crippen LogP contribution in [0.5, 0.6) is 11.8 Å². The van der Waals surface area contributed by atoms with Crippen LogP contribution in [-0.4, -0.2) is 78.3 Å². The van der Waals surface area contributed by atoms with Gasteiger partial charge in [0.2, 0.25) is 17.7 Å². The minimum absolute atomic E-state index is 0.201. The molecule has 2 aromatic heterocycles. The molecule has 2 N–H and O–H groups in total. The fourth-order valence-electron chi connectivity index (χ4n) is 5.81. The number of hydrogen-bond donors (Lipinski definition) is 2. The first-order valence-corrected chi connectivity index (χ1v) is 20.2. The number of nitrogens with zero attached hydrogens (tertiary/aromatic N) is 3. The lowest BCUT2D eigenvalue weighted by Gasteiger charge is -2.19. The van der Waals surface area contributed by atoms with Gasteiger partial charge in [-0.05, 0) is 57.2 Å². The van der Waals surface area contributed by atoms with Crippen LogP contribution in [0.3, 0.4) is 0 Å². The third-order valence-electron chi connectivity index (χ3n) is 7.60. The van der Waals surface area contributed by atoms with Gasteiger partial charge in [-0.25, -0.2) is 0 Å².